The molecule has 2 N–H and O–H groups in total. The summed E-state index contributed by atoms with van der Waals surface area (Å²) in [6.07, 6.45) is 5.27. The molecule has 2 heterocycles. The van der Waals surface area contributed by atoms with Gasteiger partial charge in [0, 0.05) is 57.5 Å². The predicted octanol–water partition coefficient (Wildman–Crippen LogP) is 3.03. The Morgan fingerprint density at radius 2 is 1.89 bits per heavy atom. The Bertz CT molecular complexity index is 580. The van der Waals surface area contributed by atoms with Crippen molar-refractivity contribution >= 4 is 11.8 Å². The summed E-state index contributed by atoms with van der Waals surface area (Å²) in [6, 6.07) is 5.91. The molecule has 0 spiro atoms. The molecule has 0 aliphatic carbocycles. The normalized spacial score (nSPS) is 16.3. The Morgan fingerprint density at radius 1 is 1.21 bits per heavy atom. The van der Waals surface area contributed by atoms with E-state index in [0.717, 1.165) is 57.2 Å². The lowest BCUT2D eigenvalue weighted by Crippen LogP contribution is -2.49. The zero-order chi connectivity index (χ0) is 20.5. The quantitative estimate of drug-likeness (QED) is 0.407. The SMILES string of the molecule is CN=C(NCCCN(C(C)C)C(C)C)NC1CCN(c2ccc(C)cn2)CC1. The van der Waals surface area contributed by atoms with E-state index in [-0.39, 0.29) is 0 Å². The Balaban J connectivity index is 1.70. The van der Waals surface area contributed by atoms with Crippen molar-refractivity contribution in [2.75, 3.05) is 38.1 Å². The van der Waals surface area contributed by atoms with Crippen LogP contribution < -0.4 is 15.5 Å². The van der Waals surface area contributed by atoms with Crippen LogP contribution in [0, 0.1) is 6.92 Å². The third kappa shape index (κ3) is 6.97. The number of pyridine rings is 1. The van der Waals surface area contributed by atoms with E-state index in [1.807, 2.05) is 13.2 Å². The monoisotopic (exact) mass is 388 g/mol. The minimum atomic E-state index is 0.468. The summed E-state index contributed by atoms with van der Waals surface area (Å²) in [5.74, 6) is 2.01. The molecule has 2 rings (SSSR count). The van der Waals surface area contributed by atoms with Gasteiger partial charge in [-0.1, -0.05) is 6.07 Å². The molecule has 28 heavy (non-hydrogen) atoms. The van der Waals surface area contributed by atoms with E-state index in [4.69, 9.17) is 0 Å². The minimum Gasteiger partial charge on any atom is -0.356 e. The molecule has 0 saturated carbocycles. The molecule has 6 nitrogen and oxygen atoms in total. The molecule has 0 bridgehead atoms. The fourth-order valence-electron chi connectivity index (χ4n) is 3.87. The molecule has 6 heteroatoms. The van der Waals surface area contributed by atoms with Gasteiger partial charge in [0.25, 0.3) is 0 Å². The fourth-order valence-corrected chi connectivity index (χ4v) is 3.87. The number of hydrogen-bond donors (Lipinski definition) is 2. The van der Waals surface area contributed by atoms with Gasteiger partial charge < -0.3 is 15.5 Å². The molecular weight excluding hydrogens is 348 g/mol. The highest BCUT2D eigenvalue weighted by atomic mass is 15.2. The molecule has 0 radical (unpaired) electrons. The second-order valence-electron chi connectivity index (χ2n) is 8.38. The topological polar surface area (TPSA) is 55.8 Å². The van der Waals surface area contributed by atoms with Crippen molar-refractivity contribution in [2.45, 2.75) is 72.0 Å². The fraction of sp³-hybridized carbons (Fsp3) is 0.727. The third-order valence-electron chi connectivity index (χ3n) is 5.49. The van der Waals surface area contributed by atoms with Gasteiger partial charge in [-0.25, -0.2) is 4.98 Å². The highest BCUT2D eigenvalue weighted by molar-refractivity contribution is 5.79. The standard InChI is InChI=1S/C22H40N6/c1-17(2)28(18(3)4)13-7-12-24-22(23-6)26-20-10-14-27(15-11-20)21-9-8-19(5)16-25-21/h8-9,16-18,20H,7,10-15H2,1-6H3,(H2,23,24,26). The first-order valence-electron chi connectivity index (χ1n) is 10.8. The molecule has 1 fully saturated rings. The van der Waals surface area contributed by atoms with Gasteiger partial charge >= 0.3 is 0 Å². The number of piperidine rings is 1. The highest BCUT2D eigenvalue weighted by Gasteiger charge is 2.21. The molecular formula is C22H40N6. The molecule has 0 amide bonds. The summed E-state index contributed by atoms with van der Waals surface area (Å²) >= 11 is 0. The summed E-state index contributed by atoms with van der Waals surface area (Å²) < 4.78 is 0. The summed E-state index contributed by atoms with van der Waals surface area (Å²) in [7, 11) is 1.86. The molecule has 1 saturated heterocycles. The van der Waals surface area contributed by atoms with Crippen molar-refractivity contribution in [3.05, 3.63) is 23.9 Å². The zero-order valence-electron chi connectivity index (χ0n) is 18.7. The Hall–Kier alpha value is -1.82. The number of nitrogens with one attached hydrogen (secondary N) is 2. The van der Waals surface area contributed by atoms with E-state index < -0.39 is 0 Å². The van der Waals surface area contributed by atoms with E-state index in [2.05, 4.69) is 77.2 Å². The van der Waals surface area contributed by atoms with Crippen LogP contribution in [0.1, 0.15) is 52.5 Å². The molecule has 0 aromatic carbocycles. The Labute approximate surface area is 171 Å². The first-order valence-corrected chi connectivity index (χ1v) is 10.8. The number of anilines is 1. The molecule has 1 aromatic rings. The molecule has 0 unspecified atom stereocenters. The average molecular weight is 389 g/mol. The second-order valence-corrected chi connectivity index (χ2v) is 8.38. The highest BCUT2D eigenvalue weighted by Crippen LogP contribution is 2.18. The van der Waals surface area contributed by atoms with Crippen LogP contribution in [0.4, 0.5) is 5.82 Å². The van der Waals surface area contributed by atoms with Crippen molar-refractivity contribution in [3.63, 3.8) is 0 Å². The average Bonchev–Trinajstić information content (AvgIpc) is 2.67. The maximum Gasteiger partial charge on any atom is 0.191 e. The van der Waals surface area contributed by atoms with Gasteiger partial charge in [-0.2, -0.15) is 0 Å². The van der Waals surface area contributed by atoms with Gasteiger partial charge in [-0.15, -0.1) is 0 Å². The lowest BCUT2D eigenvalue weighted by atomic mass is 10.1. The van der Waals surface area contributed by atoms with Crippen molar-refractivity contribution < 1.29 is 0 Å². The Kier molecular flexibility index (Phi) is 9.03. The van der Waals surface area contributed by atoms with Gasteiger partial charge in [-0.3, -0.25) is 9.89 Å². The van der Waals surface area contributed by atoms with Crippen LogP contribution in [-0.4, -0.2) is 67.2 Å². The van der Waals surface area contributed by atoms with Crippen LogP contribution >= 0.6 is 0 Å². The summed E-state index contributed by atoms with van der Waals surface area (Å²) in [5.41, 5.74) is 1.21. The number of aryl methyl sites for hydroxylation is 1. The minimum absolute atomic E-state index is 0.468. The molecule has 158 valence electrons. The third-order valence-corrected chi connectivity index (χ3v) is 5.49. The van der Waals surface area contributed by atoms with E-state index in [0.29, 0.717) is 18.1 Å². The van der Waals surface area contributed by atoms with E-state index in [1.165, 1.54) is 5.56 Å². The van der Waals surface area contributed by atoms with E-state index >= 15 is 0 Å². The maximum atomic E-state index is 4.56. The maximum absolute atomic E-state index is 4.56. The largest absolute Gasteiger partial charge is 0.356 e. The van der Waals surface area contributed by atoms with Gasteiger partial charge in [0.15, 0.2) is 5.96 Å². The Morgan fingerprint density at radius 3 is 2.43 bits per heavy atom. The number of aromatic nitrogens is 1. The number of aliphatic imine (C=N–C) groups is 1. The number of rotatable bonds is 8. The van der Waals surface area contributed by atoms with Crippen LogP contribution in [0.25, 0.3) is 0 Å². The van der Waals surface area contributed by atoms with Crippen LogP contribution in [0.3, 0.4) is 0 Å². The smallest absolute Gasteiger partial charge is 0.191 e. The van der Waals surface area contributed by atoms with Crippen molar-refractivity contribution in [1.29, 1.82) is 0 Å². The van der Waals surface area contributed by atoms with Gasteiger partial charge in [0.1, 0.15) is 5.82 Å². The summed E-state index contributed by atoms with van der Waals surface area (Å²) in [4.78, 5) is 13.9. The van der Waals surface area contributed by atoms with Crippen LogP contribution in [0.2, 0.25) is 0 Å². The second kappa shape index (κ2) is 11.2. The molecule has 0 atom stereocenters. The predicted molar refractivity (Wildman–Crippen MR) is 120 cm³/mol. The molecule has 1 aliphatic rings. The van der Waals surface area contributed by atoms with Crippen LogP contribution in [0.5, 0.6) is 0 Å². The lowest BCUT2D eigenvalue weighted by molar-refractivity contribution is 0.173. The van der Waals surface area contributed by atoms with Gasteiger partial charge in [0.05, 0.1) is 0 Å². The van der Waals surface area contributed by atoms with Crippen molar-refractivity contribution in [2.24, 2.45) is 4.99 Å². The van der Waals surface area contributed by atoms with Crippen molar-refractivity contribution in [1.82, 2.24) is 20.5 Å². The number of nitrogens with zero attached hydrogens (tertiary/aromatic N) is 4. The van der Waals surface area contributed by atoms with Crippen LogP contribution in [0.15, 0.2) is 23.3 Å². The molecule has 1 aliphatic heterocycles. The van der Waals surface area contributed by atoms with Gasteiger partial charge in [-0.05, 0) is 65.5 Å². The lowest BCUT2D eigenvalue weighted by Gasteiger charge is -2.34. The summed E-state index contributed by atoms with van der Waals surface area (Å²) in [6.45, 7) is 15.3. The zero-order valence-corrected chi connectivity index (χ0v) is 18.7. The number of hydrogen-bond acceptors (Lipinski definition) is 4. The first-order chi connectivity index (χ1) is 13.4. The van der Waals surface area contributed by atoms with E-state index in [9.17, 15) is 0 Å². The first kappa shape index (κ1) is 22.5. The van der Waals surface area contributed by atoms with Crippen LogP contribution in [-0.2, 0) is 0 Å². The summed E-state index contributed by atoms with van der Waals surface area (Å²) in [5, 5.41) is 7.08. The van der Waals surface area contributed by atoms with Gasteiger partial charge in [0.2, 0.25) is 0 Å². The van der Waals surface area contributed by atoms with E-state index in [1.54, 1.807) is 0 Å². The van der Waals surface area contributed by atoms with Crippen molar-refractivity contribution in [3.8, 4) is 0 Å². The molecule has 1 aromatic heterocycles. The number of guanidine groups is 1.